The van der Waals surface area contributed by atoms with Gasteiger partial charge in [0.2, 0.25) is 0 Å². The molecule has 8 heteroatoms. The number of carboxylic acid groups (broad SMARTS) is 1. The molecule has 4 aromatic rings. The number of aryl methyl sites for hydroxylation is 2. The molecular formula is C36H37FO6S. The smallest absolute Gasteiger partial charge is 0.304 e. The number of fused-ring (bicyclic) bond motifs is 1. The Morgan fingerprint density at radius 3 is 2.45 bits per heavy atom. The molecule has 1 atom stereocenters. The third-order valence-electron chi connectivity index (χ3n) is 7.60. The highest BCUT2D eigenvalue weighted by Gasteiger charge is 2.27. The number of thioether (sulfide) groups is 1. The van der Waals surface area contributed by atoms with Gasteiger partial charge in [-0.25, -0.2) is 4.39 Å². The molecule has 230 valence electrons. The Hall–Kier alpha value is -4.17. The summed E-state index contributed by atoms with van der Waals surface area (Å²) in [5.74, 6) is 1.92. The van der Waals surface area contributed by atoms with Crippen LogP contribution in [0.5, 0.6) is 23.0 Å². The van der Waals surface area contributed by atoms with Gasteiger partial charge in [-0.05, 0) is 78.8 Å². The fourth-order valence-corrected chi connectivity index (χ4v) is 5.88. The molecule has 0 aromatic heterocycles. The van der Waals surface area contributed by atoms with Gasteiger partial charge < -0.3 is 24.1 Å². The normalized spacial score (nSPS) is 13.7. The molecule has 0 radical (unpaired) electrons. The van der Waals surface area contributed by atoms with E-state index in [1.807, 2.05) is 62.4 Å². The quantitative estimate of drug-likeness (QED) is 0.143. The summed E-state index contributed by atoms with van der Waals surface area (Å²) >= 11 is 1.80. The maximum atomic E-state index is 15.6. The van der Waals surface area contributed by atoms with Gasteiger partial charge in [-0.1, -0.05) is 36.4 Å². The monoisotopic (exact) mass is 616 g/mol. The topological polar surface area (TPSA) is 74.2 Å². The van der Waals surface area contributed by atoms with Crippen molar-refractivity contribution in [3.05, 3.63) is 106 Å². The highest BCUT2D eigenvalue weighted by Crippen LogP contribution is 2.40. The highest BCUT2D eigenvalue weighted by molar-refractivity contribution is 7.98. The zero-order chi connectivity index (χ0) is 31.1. The molecule has 1 N–H and O–H groups in total. The van der Waals surface area contributed by atoms with E-state index < -0.39 is 11.8 Å². The highest BCUT2D eigenvalue weighted by atomic mass is 32.2. The van der Waals surface area contributed by atoms with Gasteiger partial charge >= 0.3 is 5.97 Å². The predicted octanol–water partition coefficient (Wildman–Crippen LogP) is 8.35. The van der Waals surface area contributed by atoms with E-state index in [1.54, 1.807) is 30.0 Å². The summed E-state index contributed by atoms with van der Waals surface area (Å²) in [4.78, 5) is 11.2. The maximum Gasteiger partial charge on any atom is 0.304 e. The lowest BCUT2D eigenvalue weighted by molar-refractivity contribution is -0.137. The van der Waals surface area contributed by atoms with Gasteiger partial charge in [0.25, 0.3) is 0 Å². The van der Waals surface area contributed by atoms with Crippen LogP contribution in [0, 0.1) is 19.7 Å². The molecule has 0 aliphatic carbocycles. The van der Waals surface area contributed by atoms with E-state index in [0.717, 1.165) is 51.3 Å². The minimum Gasteiger partial charge on any atom is -0.494 e. The molecular weight excluding hydrogens is 579 g/mol. The molecule has 1 aliphatic rings. The minimum atomic E-state index is -0.868. The number of ether oxygens (including phenoxy) is 4. The van der Waals surface area contributed by atoms with E-state index in [4.69, 9.17) is 18.9 Å². The van der Waals surface area contributed by atoms with E-state index in [1.165, 1.54) is 6.07 Å². The number of halogens is 1. The molecule has 1 aliphatic heterocycles. The third kappa shape index (κ3) is 7.66. The Labute approximate surface area is 262 Å². The van der Waals surface area contributed by atoms with Crippen LogP contribution >= 0.6 is 11.8 Å². The average molecular weight is 617 g/mol. The number of hydrogen-bond donors (Lipinski definition) is 1. The van der Waals surface area contributed by atoms with Crippen LogP contribution in [-0.4, -0.2) is 36.3 Å². The number of rotatable bonds is 14. The second-order valence-corrected chi connectivity index (χ2v) is 11.9. The molecule has 0 bridgehead atoms. The van der Waals surface area contributed by atoms with Crippen molar-refractivity contribution in [2.45, 2.75) is 45.8 Å². The lowest BCUT2D eigenvalue weighted by atomic mass is 9.93. The SMILES string of the molecule is CSCCCOc1cc(C)c(-c2cc(COc3ccc4c(c3)OC[C@H]4CC(=O)O)c(F)cc2OCc2ccccc2)c(C)c1. The first-order valence-electron chi connectivity index (χ1n) is 14.7. The summed E-state index contributed by atoms with van der Waals surface area (Å²) < 4.78 is 39.5. The van der Waals surface area contributed by atoms with Gasteiger partial charge in [0.15, 0.2) is 0 Å². The van der Waals surface area contributed by atoms with Gasteiger partial charge in [0.05, 0.1) is 19.6 Å². The van der Waals surface area contributed by atoms with Crippen molar-refractivity contribution in [2.24, 2.45) is 0 Å². The molecule has 6 nitrogen and oxygen atoms in total. The van der Waals surface area contributed by atoms with Crippen molar-refractivity contribution in [3.8, 4) is 34.1 Å². The third-order valence-corrected chi connectivity index (χ3v) is 8.30. The van der Waals surface area contributed by atoms with E-state index >= 15 is 4.39 Å². The molecule has 5 rings (SSSR count). The van der Waals surface area contributed by atoms with E-state index in [-0.39, 0.29) is 18.9 Å². The number of hydrogen-bond acceptors (Lipinski definition) is 6. The van der Waals surface area contributed by atoms with Crippen molar-refractivity contribution >= 4 is 17.7 Å². The number of aliphatic carboxylic acids is 1. The second kappa shape index (κ2) is 14.5. The van der Waals surface area contributed by atoms with Crippen LogP contribution in [0.2, 0.25) is 0 Å². The first kappa shape index (κ1) is 31.3. The summed E-state index contributed by atoms with van der Waals surface area (Å²) in [5.41, 5.74) is 5.95. The summed E-state index contributed by atoms with van der Waals surface area (Å²) in [6.45, 7) is 5.31. The van der Waals surface area contributed by atoms with Crippen molar-refractivity contribution in [1.82, 2.24) is 0 Å². The van der Waals surface area contributed by atoms with Gasteiger partial charge in [-0.3, -0.25) is 4.79 Å². The van der Waals surface area contributed by atoms with Crippen molar-refractivity contribution in [1.29, 1.82) is 0 Å². The molecule has 44 heavy (non-hydrogen) atoms. The minimum absolute atomic E-state index is 0.00381. The van der Waals surface area contributed by atoms with E-state index in [9.17, 15) is 9.90 Å². The summed E-state index contributed by atoms with van der Waals surface area (Å²) in [5, 5.41) is 9.17. The van der Waals surface area contributed by atoms with Crippen molar-refractivity contribution in [2.75, 3.05) is 25.2 Å². The largest absolute Gasteiger partial charge is 0.494 e. The van der Waals surface area contributed by atoms with Gasteiger partial charge in [-0.2, -0.15) is 11.8 Å². The van der Waals surface area contributed by atoms with Crippen LogP contribution in [0.25, 0.3) is 11.1 Å². The average Bonchev–Trinajstić information content (AvgIpc) is 3.39. The predicted molar refractivity (Wildman–Crippen MR) is 172 cm³/mol. The Bertz CT molecular complexity index is 1580. The van der Waals surface area contributed by atoms with Crippen LogP contribution < -0.4 is 18.9 Å². The van der Waals surface area contributed by atoms with Crippen molar-refractivity contribution < 1.29 is 33.2 Å². The molecule has 0 saturated heterocycles. The van der Waals surface area contributed by atoms with Crippen LogP contribution in [0.4, 0.5) is 4.39 Å². The lowest BCUT2D eigenvalue weighted by Gasteiger charge is -2.19. The first-order chi connectivity index (χ1) is 21.3. The summed E-state index contributed by atoms with van der Waals surface area (Å²) in [7, 11) is 0. The van der Waals surface area contributed by atoms with Gasteiger partial charge in [0.1, 0.15) is 42.0 Å². The summed E-state index contributed by atoms with van der Waals surface area (Å²) in [6.07, 6.45) is 3.06. The van der Waals surface area contributed by atoms with Gasteiger partial charge in [0, 0.05) is 34.7 Å². The maximum absolute atomic E-state index is 15.6. The zero-order valence-electron chi connectivity index (χ0n) is 25.2. The Morgan fingerprint density at radius 2 is 1.73 bits per heavy atom. The molecule has 0 fully saturated rings. The Kier molecular flexibility index (Phi) is 10.3. The fourth-order valence-electron chi connectivity index (χ4n) is 5.47. The molecule has 0 saturated carbocycles. The number of carbonyl (C=O) groups is 1. The molecule has 1 heterocycles. The lowest BCUT2D eigenvalue weighted by Crippen LogP contribution is -2.07. The molecule has 4 aromatic carbocycles. The first-order valence-corrected chi connectivity index (χ1v) is 16.1. The molecule has 0 spiro atoms. The van der Waals surface area contributed by atoms with Gasteiger partial charge in [-0.15, -0.1) is 0 Å². The summed E-state index contributed by atoms with van der Waals surface area (Å²) in [6, 6.07) is 22.4. The molecule has 0 unspecified atom stereocenters. The van der Waals surface area contributed by atoms with Crippen molar-refractivity contribution in [3.63, 3.8) is 0 Å². The fraction of sp³-hybridized carbons (Fsp3) is 0.306. The Morgan fingerprint density at radius 1 is 0.955 bits per heavy atom. The van der Waals surface area contributed by atoms with E-state index in [2.05, 4.69) is 6.26 Å². The number of benzene rings is 4. The zero-order valence-corrected chi connectivity index (χ0v) is 26.0. The Balaban J connectivity index is 1.41. The standard InChI is InChI=1S/C36H37FO6S/c1-23-14-29(40-12-7-13-44-3)15-24(2)36(23)31-16-27(32(37)19-34(31)42-20-25-8-5-4-6-9-25)22-41-28-10-11-30-26(17-35(38)39)21-43-33(30)18-28/h4-6,8-11,14-16,18-19,26H,7,12-13,17,20-22H2,1-3H3,(H,38,39)/t26-/m1/s1. The number of carboxylic acids is 1. The second-order valence-electron chi connectivity index (χ2n) is 10.9. The van der Waals surface area contributed by atoms with Crippen LogP contribution in [0.15, 0.2) is 72.8 Å². The van der Waals surface area contributed by atoms with Crippen LogP contribution in [0.1, 0.15) is 46.6 Å². The van der Waals surface area contributed by atoms with Crippen LogP contribution in [-0.2, 0) is 18.0 Å². The molecule has 0 amide bonds. The van der Waals surface area contributed by atoms with Crippen LogP contribution in [0.3, 0.4) is 0 Å². The van der Waals surface area contributed by atoms with E-state index in [0.29, 0.717) is 42.6 Å².